The van der Waals surface area contributed by atoms with Gasteiger partial charge in [0.2, 0.25) is 10.0 Å². The highest BCUT2D eigenvalue weighted by Gasteiger charge is 2.30. The number of sulfonamides is 1. The first kappa shape index (κ1) is 13.7. The Morgan fingerprint density at radius 1 is 1.32 bits per heavy atom. The van der Waals surface area contributed by atoms with Crippen LogP contribution in [0.1, 0.15) is 17.9 Å². The number of nitrogens with one attached hydrogen (secondary N) is 1. The minimum atomic E-state index is -3.13. The maximum atomic E-state index is 11.7. The quantitative estimate of drug-likeness (QED) is 0.782. The van der Waals surface area contributed by atoms with Crippen LogP contribution in [0.2, 0.25) is 0 Å². The van der Waals surface area contributed by atoms with Gasteiger partial charge in [-0.15, -0.1) is 0 Å². The van der Waals surface area contributed by atoms with Gasteiger partial charge in [-0.3, -0.25) is 4.98 Å². The van der Waals surface area contributed by atoms with Crippen LogP contribution >= 0.6 is 0 Å². The number of hydrogen-bond donors (Lipinski definition) is 1. The highest BCUT2D eigenvalue weighted by atomic mass is 32.2. The third-order valence-corrected chi connectivity index (χ3v) is 5.65. The van der Waals surface area contributed by atoms with E-state index in [9.17, 15) is 8.42 Å². The Hall–Kier alpha value is -1.99. The summed E-state index contributed by atoms with van der Waals surface area (Å²) in [7, 11) is -3.13. The van der Waals surface area contributed by atoms with Gasteiger partial charge in [-0.05, 0) is 30.0 Å². The molecule has 1 atom stereocenters. The van der Waals surface area contributed by atoms with Crippen LogP contribution in [0.3, 0.4) is 0 Å². The first-order valence-corrected chi connectivity index (χ1v) is 9.05. The van der Waals surface area contributed by atoms with E-state index in [0.29, 0.717) is 13.1 Å². The van der Waals surface area contributed by atoms with Crippen molar-refractivity contribution in [2.45, 2.75) is 12.3 Å². The molecule has 3 aromatic heterocycles. The lowest BCUT2D eigenvalue weighted by Gasteiger charge is -2.15. The van der Waals surface area contributed by atoms with E-state index < -0.39 is 10.0 Å². The molecule has 3 aromatic rings. The summed E-state index contributed by atoms with van der Waals surface area (Å²) < 4.78 is 25.0. The predicted molar refractivity (Wildman–Crippen MR) is 85.2 cm³/mol. The molecule has 6 nitrogen and oxygen atoms in total. The molecule has 1 N–H and O–H groups in total. The van der Waals surface area contributed by atoms with E-state index in [1.165, 1.54) is 6.26 Å². The highest BCUT2D eigenvalue weighted by Crippen LogP contribution is 2.35. The Labute approximate surface area is 128 Å². The van der Waals surface area contributed by atoms with Gasteiger partial charge in [0.1, 0.15) is 5.65 Å². The largest absolute Gasteiger partial charge is 0.346 e. The second kappa shape index (κ2) is 4.76. The third-order valence-electron chi connectivity index (χ3n) is 4.38. The van der Waals surface area contributed by atoms with E-state index in [1.54, 1.807) is 16.7 Å². The van der Waals surface area contributed by atoms with Gasteiger partial charge in [0.15, 0.2) is 0 Å². The van der Waals surface area contributed by atoms with Crippen LogP contribution in [0.15, 0.2) is 30.7 Å². The van der Waals surface area contributed by atoms with Crippen molar-refractivity contribution in [1.82, 2.24) is 19.3 Å². The molecular weight excluding hydrogens is 300 g/mol. The summed E-state index contributed by atoms with van der Waals surface area (Å²) in [6.45, 7) is 1.11. The van der Waals surface area contributed by atoms with Crippen molar-refractivity contribution in [2.24, 2.45) is 0 Å². The van der Waals surface area contributed by atoms with E-state index in [2.05, 4.69) is 15.0 Å². The summed E-state index contributed by atoms with van der Waals surface area (Å²) in [5.41, 5.74) is 2.84. The van der Waals surface area contributed by atoms with Crippen LogP contribution in [0.5, 0.6) is 0 Å². The maximum absolute atomic E-state index is 11.7. The Bertz CT molecular complexity index is 964. The number of fused-ring (bicyclic) bond motifs is 3. The number of rotatable bonds is 2. The van der Waals surface area contributed by atoms with Gasteiger partial charge in [0, 0.05) is 36.3 Å². The smallest absolute Gasteiger partial charge is 0.211 e. The lowest BCUT2D eigenvalue weighted by atomic mass is 9.94. The van der Waals surface area contributed by atoms with E-state index >= 15 is 0 Å². The van der Waals surface area contributed by atoms with Gasteiger partial charge in [0.25, 0.3) is 0 Å². The van der Waals surface area contributed by atoms with Crippen molar-refractivity contribution >= 4 is 32.0 Å². The number of nitrogens with zero attached hydrogens (tertiary/aromatic N) is 3. The summed E-state index contributed by atoms with van der Waals surface area (Å²) in [6, 6.07) is 4.00. The minimum absolute atomic E-state index is 0.195. The minimum Gasteiger partial charge on any atom is -0.346 e. The number of H-pyrrole nitrogens is 1. The Morgan fingerprint density at radius 2 is 2.18 bits per heavy atom. The van der Waals surface area contributed by atoms with Crippen molar-refractivity contribution in [3.8, 4) is 0 Å². The standard InChI is InChI=1S/C15H16N4O2S/c1-22(20,21)19-7-4-10(9-19)11-2-5-16-13-8-18-15-12(14(11)13)3-6-17-15/h2-3,5-6,8,10H,4,7,9H2,1H3,(H,17,18). The first-order chi connectivity index (χ1) is 10.5. The molecule has 1 aliphatic rings. The Balaban J connectivity index is 1.87. The molecule has 1 saturated heterocycles. The fourth-order valence-corrected chi connectivity index (χ4v) is 4.19. The van der Waals surface area contributed by atoms with Gasteiger partial charge in [-0.1, -0.05) is 0 Å². The summed E-state index contributed by atoms with van der Waals surface area (Å²) >= 11 is 0. The second-order valence-electron chi connectivity index (χ2n) is 5.77. The molecule has 4 rings (SSSR count). The number of aromatic amines is 1. The lowest BCUT2D eigenvalue weighted by Crippen LogP contribution is -2.27. The average Bonchev–Trinajstić information content (AvgIpc) is 3.15. The summed E-state index contributed by atoms with van der Waals surface area (Å²) in [5, 5.41) is 2.12. The molecule has 0 bridgehead atoms. The predicted octanol–water partition coefficient (Wildman–Crippen LogP) is 1.86. The number of pyridine rings is 2. The summed E-state index contributed by atoms with van der Waals surface area (Å²) in [5.74, 6) is 0.195. The van der Waals surface area contributed by atoms with Crippen LogP contribution in [-0.2, 0) is 10.0 Å². The van der Waals surface area contributed by atoms with Crippen LogP contribution in [-0.4, -0.2) is 47.0 Å². The van der Waals surface area contributed by atoms with Crippen LogP contribution in [0.4, 0.5) is 0 Å². The second-order valence-corrected chi connectivity index (χ2v) is 7.75. The normalized spacial score (nSPS) is 20.1. The molecule has 0 radical (unpaired) electrons. The molecule has 7 heteroatoms. The van der Waals surface area contributed by atoms with Crippen molar-refractivity contribution in [1.29, 1.82) is 0 Å². The molecule has 4 heterocycles. The molecule has 0 spiro atoms. The fraction of sp³-hybridized carbons (Fsp3) is 0.333. The maximum Gasteiger partial charge on any atom is 0.211 e. The summed E-state index contributed by atoms with van der Waals surface area (Å²) in [6.07, 6.45) is 7.52. The van der Waals surface area contributed by atoms with Gasteiger partial charge in [-0.25, -0.2) is 17.7 Å². The third kappa shape index (κ3) is 2.08. The topological polar surface area (TPSA) is 79.0 Å². The Kier molecular flexibility index (Phi) is 2.95. The zero-order chi connectivity index (χ0) is 15.3. The molecule has 0 amide bonds. The SMILES string of the molecule is CS(=O)(=O)N1CCC(c2ccnc3cnc4[nH]ccc4c23)C1. The van der Waals surface area contributed by atoms with Crippen molar-refractivity contribution in [2.75, 3.05) is 19.3 Å². The van der Waals surface area contributed by atoms with Crippen LogP contribution in [0, 0.1) is 0 Å². The average molecular weight is 316 g/mol. The molecule has 0 aromatic carbocycles. The molecule has 1 fully saturated rings. The van der Waals surface area contributed by atoms with Crippen molar-refractivity contribution < 1.29 is 8.42 Å². The van der Waals surface area contributed by atoms with Crippen LogP contribution < -0.4 is 0 Å². The highest BCUT2D eigenvalue weighted by molar-refractivity contribution is 7.88. The Morgan fingerprint density at radius 3 is 2.95 bits per heavy atom. The molecule has 0 aliphatic carbocycles. The van der Waals surface area contributed by atoms with Gasteiger partial charge < -0.3 is 4.98 Å². The monoisotopic (exact) mass is 316 g/mol. The molecule has 1 unspecified atom stereocenters. The van der Waals surface area contributed by atoms with E-state index in [1.807, 2.05) is 18.3 Å². The van der Waals surface area contributed by atoms with E-state index in [-0.39, 0.29) is 5.92 Å². The van der Waals surface area contributed by atoms with Crippen LogP contribution in [0.25, 0.3) is 21.9 Å². The summed E-state index contributed by atoms with van der Waals surface area (Å²) in [4.78, 5) is 11.9. The molecular formula is C15H16N4O2S. The van der Waals surface area contributed by atoms with Crippen molar-refractivity contribution in [3.63, 3.8) is 0 Å². The zero-order valence-corrected chi connectivity index (χ0v) is 13.0. The molecule has 22 heavy (non-hydrogen) atoms. The molecule has 114 valence electrons. The molecule has 1 aliphatic heterocycles. The van der Waals surface area contributed by atoms with Gasteiger partial charge >= 0.3 is 0 Å². The zero-order valence-electron chi connectivity index (χ0n) is 12.2. The van der Waals surface area contributed by atoms with E-state index in [4.69, 9.17) is 0 Å². The first-order valence-electron chi connectivity index (χ1n) is 7.20. The van der Waals surface area contributed by atoms with E-state index in [0.717, 1.165) is 33.9 Å². The van der Waals surface area contributed by atoms with Gasteiger partial charge in [-0.2, -0.15) is 0 Å². The van der Waals surface area contributed by atoms with Gasteiger partial charge in [0.05, 0.1) is 18.0 Å². The molecule has 0 saturated carbocycles. The number of aromatic nitrogens is 3. The number of hydrogen-bond acceptors (Lipinski definition) is 4. The van der Waals surface area contributed by atoms with Crippen molar-refractivity contribution in [3.05, 3.63) is 36.3 Å². The lowest BCUT2D eigenvalue weighted by molar-refractivity contribution is 0.478. The fourth-order valence-electron chi connectivity index (χ4n) is 3.30.